The van der Waals surface area contributed by atoms with E-state index in [9.17, 15) is 9.59 Å². The van der Waals surface area contributed by atoms with Gasteiger partial charge in [0.2, 0.25) is 5.91 Å². The van der Waals surface area contributed by atoms with Crippen LogP contribution >= 0.6 is 11.3 Å². The first-order valence-electron chi connectivity index (χ1n) is 9.51. The van der Waals surface area contributed by atoms with E-state index in [1.807, 2.05) is 41.3 Å². The fraction of sp³-hybridized carbons (Fsp3) is 0.381. The lowest BCUT2D eigenvalue weighted by molar-refractivity contribution is -0.135. The summed E-state index contributed by atoms with van der Waals surface area (Å²) in [5.41, 5.74) is 0.929. The highest BCUT2D eigenvalue weighted by Gasteiger charge is 2.25. The van der Waals surface area contributed by atoms with Crippen molar-refractivity contribution in [2.24, 2.45) is 0 Å². The predicted molar refractivity (Wildman–Crippen MR) is 109 cm³/mol. The second-order valence-corrected chi connectivity index (χ2v) is 8.05. The Hall–Kier alpha value is -2.47. The number of hydrogen-bond donors (Lipinski definition) is 0. The second-order valence-electron chi connectivity index (χ2n) is 7.02. The molecule has 1 aromatic carbocycles. The molecule has 0 aliphatic carbocycles. The van der Waals surface area contributed by atoms with Gasteiger partial charge >= 0.3 is 0 Å². The molecule has 1 saturated heterocycles. The number of hydrogen-bond acceptors (Lipinski definition) is 4. The number of fused-ring (bicyclic) bond motifs is 1. The van der Waals surface area contributed by atoms with E-state index in [1.165, 1.54) is 28.7 Å². The summed E-state index contributed by atoms with van der Waals surface area (Å²) in [6.45, 7) is 2.97. The van der Waals surface area contributed by atoms with Gasteiger partial charge in [-0.2, -0.15) is 0 Å². The number of nitrogens with zero attached hydrogens (tertiary/aromatic N) is 3. The van der Waals surface area contributed by atoms with Gasteiger partial charge in [-0.1, -0.05) is 37.3 Å². The minimum absolute atomic E-state index is 0.0170. The molecule has 3 heterocycles. The Labute approximate surface area is 162 Å². The molecular formula is C21H23N3O2S. The molecule has 140 valence electrons. The van der Waals surface area contributed by atoms with Crippen LogP contribution in [0.5, 0.6) is 0 Å². The molecule has 1 aliphatic rings. The van der Waals surface area contributed by atoms with E-state index >= 15 is 0 Å². The van der Waals surface area contributed by atoms with Gasteiger partial charge in [-0.05, 0) is 37.3 Å². The number of rotatable bonds is 4. The van der Waals surface area contributed by atoms with Gasteiger partial charge in [0.1, 0.15) is 11.4 Å². The fourth-order valence-corrected chi connectivity index (χ4v) is 4.80. The second kappa shape index (κ2) is 7.64. The van der Waals surface area contributed by atoms with E-state index in [0.29, 0.717) is 16.3 Å². The van der Waals surface area contributed by atoms with E-state index in [-0.39, 0.29) is 18.0 Å². The van der Waals surface area contributed by atoms with Gasteiger partial charge in [-0.25, -0.2) is 4.98 Å². The van der Waals surface area contributed by atoms with Crippen molar-refractivity contribution in [3.05, 3.63) is 53.1 Å². The summed E-state index contributed by atoms with van der Waals surface area (Å²) in [6, 6.07) is 12.2. The van der Waals surface area contributed by atoms with E-state index in [1.54, 1.807) is 0 Å². The summed E-state index contributed by atoms with van der Waals surface area (Å²) in [6.07, 6.45) is 5.74. The molecule has 0 N–H and O–H groups in total. The van der Waals surface area contributed by atoms with E-state index < -0.39 is 0 Å². The van der Waals surface area contributed by atoms with Gasteiger partial charge in [0.15, 0.2) is 0 Å². The standard InChI is InChI=1S/C21H23N3O2S/c1-2-16-10-6-7-11-24(16)19(25)13-23-14-22-20-17(21(23)26)12-18(27-20)15-8-4-3-5-9-15/h3-5,8-9,12,14,16H,2,6-7,10-11,13H2,1H3/t16-/m1/s1. The van der Waals surface area contributed by atoms with E-state index in [2.05, 4.69) is 11.9 Å². The number of likely N-dealkylation sites (tertiary alicyclic amines) is 1. The van der Waals surface area contributed by atoms with Crippen molar-refractivity contribution in [1.82, 2.24) is 14.5 Å². The number of thiophene rings is 1. The number of benzene rings is 1. The Kier molecular flexibility index (Phi) is 5.07. The number of aromatic nitrogens is 2. The Morgan fingerprint density at radius 2 is 2.07 bits per heavy atom. The van der Waals surface area contributed by atoms with Crippen LogP contribution in [0.2, 0.25) is 0 Å². The average Bonchev–Trinajstić information content (AvgIpc) is 3.16. The van der Waals surface area contributed by atoms with Crippen molar-refractivity contribution in [2.45, 2.75) is 45.2 Å². The molecule has 0 saturated carbocycles. The van der Waals surface area contributed by atoms with Gasteiger partial charge in [0.25, 0.3) is 5.56 Å². The maximum Gasteiger partial charge on any atom is 0.262 e. The number of piperidine rings is 1. The first kappa shape index (κ1) is 17.9. The molecule has 0 unspecified atom stereocenters. The van der Waals surface area contributed by atoms with Gasteiger partial charge in [0, 0.05) is 17.5 Å². The molecule has 5 nitrogen and oxygen atoms in total. The predicted octanol–water partition coefficient (Wildman–Crippen LogP) is 3.92. The maximum atomic E-state index is 12.9. The molecule has 0 spiro atoms. The fourth-order valence-electron chi connectivity index (χ4n) is 3.81. The van der Waals surface area contributed by atoms with E-state index in [0.717, 1.165) is 36.2 Å². The molecule has 0 radical (unpaired) electrons. The zero-order valence-electron chi connectivity index (χ0n) is 15.4. The number of amides is 1. The summed E-state index contributed by atoms with van der Waals surface area (Å²) in [5, 5.41) is 0.583. The molecule has 6 heteroatoms. The quantitative estimate of drug-likeness (QED) is 0.688. The van der Waals surface area contributed by atoms with Crippen molar-refractivity contribution in [1.29, 1.82) is 0 Å². The largest absolute Gasteiger partial charge is 0.338 e. The third kappa shape index (κ3) is 3.54. The summed E-state index contributed by atoms with van der Waals surface area (Å²) in [4.78, 5) is 33.8. The number of carbonyl (C=O) groups excluding carboxylic acids is 1. The van der Waals surface area contributed by atoms with Crippen LogP contribution in [-0.2, 0) is 11.3 Å². The lowest BCUT2D eigenvalue weighted by Gasteiger charge is -2.35. The van der Waals surface area contributed by atoms with Crippen molar-refractivity contribution in [2.75, 3.05) is 6.54 Å². The van der Waals surface area contributed by atoms with Gasteiger partial charge in [-0.15, -0.1) is 11.3 Å². The van der Waals surface area contributed by atoms with Crippen molar-refractivity contribution >= 4 is 27.5 Å². The van der Waals surface area contributed by atoms with Crippen LogP contribution in [-0.4, -0.2) is 32.9 Å². The highest BCUT2D eigenvalue weighted by atomic mass is 32.1. The average molecular weight is 382 g/mol. The first-order valence-corrected chi connectivity index (χ1v) is 10.3. The topological polar surface area (TPSA) is 55.2 Å². The van der Waals surface area contributed by atoms with Gasteiger partial charge in [0.05, 0.1) is 11.7 Å². The van der Waals surface area contributed by atoms with Crippen LogP contribution in [0.15, 0.2) is 47.5 Å². The highest BCUT2D eigenvalue weighted by molar-refractivity contribution is 7.21. The molecule has 1 amide bonds. The summed E-state index contributed by atoms with van der Waals surface area (Å²) < 4.78 is 1.45. The Bertz CT molecular complexity index is 1010. The molecule has 1 fully saturated rings. The molecule has 0 bridgehead atoms. The highest BCUT2D eigenvalue weighted by Crippen LogP contribution is 2.30. The summed E-state index contributed by atoms with van der Waals surface area (Å²) in [7, 11) is 0. The van der Waals surface area contributed by atoms with Crippen LogP contribution in [0.4, 0.5) is 0 Å². The summed E-state index contributed by atoms with van der Waals surface area (Å²) >= 11 is 1.50. The van der Waals surface area contributed by atoms with Crippen LogP contribution in [0.25, 0.3) is 20.7 Å². The Morgan fingerprint density at radius 1 is 1.26 bits per heavy atom. The zero-order chi connectivity index (χ0) is 18.8. The van der Waals surface area contributed by atoms with Crippen molar-refractivity contribution < 1.29 is 4.79 Å². The molecule has 2 aromatic heterocycles. The third-order valence-electron chi connectivity index (χ3n) is 5.30. The molecule has 4 rings (SSSR count). The van der Waals surface area contributed by atoms with Gasteiger partial charge < -0.3 is 4.90 Å². The maximum absolute atomic E-state index is 12.9. The Morgan fingerprint density at radius 3 is 2.85 bits per heavy atom. The minimum atomic E-state index is -0.142. The smallest absolute Gasteiger partial charge is 0.262 e. The lowest BCUT2D eigenvalue weighted by Crippen LogP contribution is -2.45. The molecule has 3 aromatic rings. The SMILES string of the molecule is CC[C@@H]1CCCCN1C(=O)Cn1cnc2sc(-c3ccccc3)cc2c1=O. The van der Waals surface area contributed by atoms with Crippen molar-refractivity contribution in [3.8, 4) is 10.4 Å². The zero-order valence-corrected chi connectivity index (χ0v) is 16.2. The minimum Gasteiger partial charge on any atom is -0.338 e. The van der Waals surface area contributed by atoms with Crippen LogP contribution in [0.3, 0.4) is 0 Å². The van der Waals surface area contributed by atoms with E-state index in [4.69, 9.17) is 0 Å². The van der Waals surface area contributed by atoms with Crippen LogP contribution in [0, 0.1) is 0 Å². The Balaban J connectivity index is 1.62. The summed E-state index contributed by atoms with van der Waals surface area (Å²) in [5.74, 6) is 0.0170. The number of carbonyl (C=O) groups is 1. The normalized spacial score (nSPS) is 17.4. The lowest BCUT2D eigenvalue weighted by atomic mass is 10.00. The first-order chi connectivity index (χ1) is 13.2. The molecule has 27 heavy (non-hydrogen) atoms. The monoisotopic (exact) mass is 381 g/mol. The van der Waals surface area contributed by atoms with Crippen molar-refractivity contribution in [3.63, 3.8) is 0 Å². The van der Waals surface area contributed by atoms with Gasteiger partial charge in [-0.3, -0.25) is 14.2 Å². The third-order valence-corrected chi connectivity index (χ3v) is 6.39. The van der Waals surface area contributed by atoms with Crippen LogP contribution < -0.4 is 5.56 Å². The molecule has 1 atom stereocenters. The molecule has 1 aliphatic heterocycles. The van der Waals surface area contributed by atoms with Crippen LogP contribution in [0.1, 0.15) is 32.6 Å². The molecular weight excluding hydrogens is 358 g/mol.